The van der Waals surface area contributed by atoms with Crippen molar-refractivity contribution < 1.29 is 0 Å². The van der Waals surface area contributed by atoms with Crippen molar-refractivity contribution >= 4 is 17.3 Å². The predicted octanol–water partition coefficient (Wildman–Crippen LogP) is 3.93. The Morgan fingerprint density at radius 3 is 2.61 bits per heavy atom. The van der Waals surface area contributed by atoms with Crippen LogP contribution in [-0.2, 0) is 6.54 Å². The van der Waals surface area contributed by atoms with Gasteiger partial charge in [-0.25, -0.2) is 0 Å². The van der Waals surface area contributed by atoms with Crippen molar-refractivity contribution in [3.8, 4) is 0 Å². The second-order valence-electron chi connectivity index (χ2n) is 5.52. The van der Waals surface area contributed by atoms with Gasteiger partial charge in [-0.1, -0.05) is 31.5 Å². The molecule has 1 heterocycles. The van der Waals surface area contributed by atoms with Crippen molar-refractivity contribution in [2.75, 3.05) is 18.8 Å². The lowest BCUT2D eigenvalue weighted by molar-refractivity contribution is 0.236. The molecule has 1 aromatic carbocycles. The summed E-state index contributed by atoms with van der Waals surface area (Å²) in [5.41, 5.74) is 8.18. The quantitative estimate of drug-likeness (QED) is 0.837. The van der Waals surface area contributed by atoms with Gasteiger partial charge in [-0.3, -0.25) is 4.90 Å². The molecule has 18 heavy (non-hydrogen) atoms. The van der Waals surface area contributed by atoms with Crippen molar-refractivity contribution in [1.29, 1.82) is 0 Å². The maximum Gasteiger partial charge on any atom is 0.0471 e. The lowest BCUT2D eigenvalue weighted by atomic mass is 9.82. The van der Waals surface area contributed by atoms with E-state index in [2.05, 4.69) is 24.8 Å². The van der Waals surface area contributed by atoms with Gasteiger partial charge in [0.05, 0.1) is 0 Å². The number of nitrogens with two attached hydrogens (primary N) is 1. The minimum atomic E-state index is 0.528. The van der Waals surface area contributed by atoms with E-state index in [0.29, 0.717) is 5.41 Å². The first-order valence-corrected chi connectivity index (χ1v) is 7.22. The van der Waals surface area contributed by atoms with Crippen LogP contribution < -0.4 is 5.73 Å². The van der Waals surface area contributed by atoms with Crippen molar-refractivity contribution in [2.24, 2.45) is 5.41 Å². The minimum Gasteiger partial charge on any atom is -0.399 e. The van der Waals surface area contributed by atoms with Gasteiger partial charge in [0.2, 0.25) is 0 Å². The molecule has 2 nitrogen and oxygen atoms in total. The van der Waals surface area contributed by atoms with Crippen molar-refractivity contribution in [1.82, 2.24) is 4.90 Å². The van der Waals surface area contributed by atoms with E-state index in [0.717, 1.165) is 17.3 Å². The van der Waals surface area contributed by atoms with Crippen LogP contribution in [0.4, 0.5) is 5.69 Å². The summed E-state index contributed by atoms with van der Waals surface area (Å²) in [5.74, 6) is 0. The zero-order valence-corrected chi connectivity index (χ0v) is 12.1. The number of halogens is 1. The van der Waals surface area contributed by atoms with Gasteiger partial charge in [-0.15, -0.1) is 0 Å². The Labute approximate surface area is 115 Å². The number of benzene rings is 1. The van der Waals surface area contributed by atoms with Gasteiger partial charge in [0.25, 0.3) is 0 Å². The molecule has 100 valence electrons. The summed E-state index contributed by atoms with van der Waals surface area (Å²) in [5, 5.41) is 0.792. The topological polar surface area (TPSA) is 29.3 Å². The number of hydrogen-bond donors (Lipinski definition) is 1. The third-order valence-electron chi connectivity index (χ3n) is 4.49. The largest absolute Gasteiger partial charge is 0.399 e. The minimum absolute atomic E-state index is 0.528. The molecule has 1 aliphatic rings. The van der Waals surface area contributed by atoms with Crippen LogP contribution in [0.15, 0.2) is 18.2 Å². The molecule has 2 rings (SSSR count). The van der Waals surface area contributed by atoms with Crippen LogP contribution in [0, 0.1) is 5.41 Å². The number of nitrogens with zero attached hydrogens (tertiary/aromatic N) is 1. The van der Waals surface area contributed by atoms with Crippen LogP contribution in [-0.4, -0.2) is 18.0 Å². The van der Waals surface area contributed by atoms with Gasteiger partial charge in [0.15, 0.2) is 0 Å². The van der Waals surface area contributed by atoms with E-state index in [4.69, 9.17) is 17.3 Å². The highest BCUT2D eigenvalue weighted by Gasteiger charge is 2.34. The third kappa shape index (κ3) is 2.81. The van der Waals surface area contributed by atoms with Gasteiger partial charge in [-0.05, 0) is 48.9 Å². The van der Waals surface area contributed by atoms with Gasteiger partial charge in [-0.2, -0.15) is 0 Å². The molecule has 3 heteroatoms. The molecule has 0 spiro atoms. The van der Waals surface area contributed by atoms with Crippen molar-refractivity contribution in [3.63, 3.8) is 0 Å². The molecule has 0 radical (unpaired) electrons. The standard InChI is InChI=1S/C15H23ClN2/c1-3-15(4-2)7-8-18(11-15)10-12-5-6-13(17)9-14(12)16/h5-6,9H,3-4,7-8,10-11,17H2,1-2H3. The van der Waals surface area contributed by atoms with Crippen LogP contribution >= 0.6 is 11.6 Å². The highest BCUT2D eigenvalue weighted by Crippen LogP contribution is 2.37. The van der Waals surface area contributed by atoms with E-state index >= 15 is 0 Å². The molecule has 0 aliphatic carbocycles. The van der Waals surface area contributed by atoms with Crippen LogP contribution in [0.5, 0.6) is 0 Å². The monoisotopic (exact) mass is 266 g/mol. The molecule has 0 aromatic heterocycles. The average molecular weight is 267 g/mol. The Bertz CT molecular complexity index is 413. The fourth-order valence-corrected chi connectivity index (χ4v) is 3.17. The van der Waals surface area contributed by atoms with Gasteiger partial charge in [0.1, 0.15) is 0 Å². The Hall–Kier alpha value is -0.730. The second-order valence-corrected chi connectivity index (χ2v) is 5.93. The third-order valence-corrected chi connectivity index (χ3v) is 4.84. The van der Waals surface area contributed by atoms with Crippen LogP contribution in [0.1, 0.15) is 38.7 Å². The number of likely N-dealkylation sites (tertiary alicyclic amines) is 1. The first-order valence-electron chi connectivity index (χ1n) is 6.85. The Balaban J connectivity index is 2.03. The van der Waals surface area contributed by atoms with E-state index in [1.54, 1.807) is 0 Å². The average Bonchev–Trinajstić information content (AvgIpc) is 2.77. The number of anilines is 1. The van der Waals surface area contributed by atoms with E-state index in [9.17, 15) is 0 Å². The molecule has 0 atom stereocenters. The molecule has 0 bridgehead atoms. The Kier molecular flexibility index (Phi) is 4.18. The molecule has 0 amide bonds. The maximum absolute atomic E-state index is 6.24. The van der Waals surface area contributed by atoms with Crippen molar-refractivity contribution in [3.05, 3.63) is 28.8 Å². The summed E-state index contributed by atoms with van der Waals surface area (Å²) < 4.78 is 0. The van der Waals surface area contributed by atoms with Crippen LogP contribution in [0.3, 0.4) is 0 Å². The van der Waals surface area contributed by atoms with Crippen molar-refractivity contribution in [2.45, 2.75) is 39.7 Å². The number of rotatable bonds is 4. The number of hydrogen-bond acceptors (Lipinski definition) is 2. The zero-order valence-electron chi connectivity index (χ0n) is 11.4. The first kappa shape index (κ1) is 13.7. The summed E-state index contributed by atoms with van der Waals surface area (Å²) in [7, 11) is 0. The molecule has 0 saturated carbocycles. The SMILES string of the molecule is CCC1(CC)CCN(Cc2ccc(N)cc2Cl)C1. The zero-order chi connectivity index (χ0) is 13.2. The fraction of sp³-hybridized carbons (Fsp3) is 0.600. The molecule has 2 N–H and O–H groups in total. The smallest absolute Gasteiger partial charge is 0.0471 e. The highest BCUT2D eigenvalue weighted by molar-refractivity contribution is 6.31. The predicted molar refractivity (Wildman–Crippen MR) is 78.8 cm³/mol. The molecule has 1 fully saturated rings. The fourth-order valence-electron chi connectivity index (χ4n) is 2.92. The Morgan fingerprint density at radius 2 is 2.06 bits per heavy atom. The van der Waals surface area contributed by atoms with Crippen LogP contribution in [0.25, 0.3) is 0 Å². The van der Waals surface area contributed by atoms with E-state index < -0.39 is 0 Å². The maximum atomic E-state index is 6.24. The normalized spacial score (nSPS) is 19.3. The van der Waals surface area contributed by atoms with Gasteiger partial charge in [0, 0.05) is 23.8 Å². The first-order chi connectivity index (χ1) is 8.58. The summed E-state index contributed by atoms with van der Waals surface area (Å²) in [6, 6.07) is 5.83. The summed E-state index contributed by atoms with van der Waals surface area (Å²) in [6.07, 6.45) is 3.86. The molecule has 0 unspecified atom stereocenters. The van der Waals surface area contributed by atoms with Gasteiger partial charge >= 0.3 is 0 Å². The summed E-state index contributed by atoms with van der Waals surface area (Å²) in [4.78, 5) is 2.52. The van der Waals surface area contributed by atoms with Gasteiger partial charge < -0.3 is 5.73 Å². The highest BCUT2D eigenvalue weighted by atomic mass is 35.5. The van der Waals surface area contributed by atoms with E-state index in [-0.39, 0.29) is 0 Å². The molecular formula is C15H23ClN2. The van der Waals surface area contributed by atoms with E-state index in [1.165, 1.54) is 37.9 Å². The molecule has 1 saturated heterocycles. The molecular weight excluding hydrogens is 244 g/mol. The second kappa shape index (κ2) is 5.50. The summed E-state index contributed by atoms with van der Waals surface area (Å²) >= 11 is 6.24. The molecule has 1 aliphatic heterocycles. The van der Waals surface area contributed by atoms with E-state index in [1.807, 2.05) is 12.1 Å². The lowest BCUT2D eigenvalue weighted by Gasteiger charge is -2.26. The molecule has 1 aromatic rings. The lowest BCUT2D eigenvalue weighted by Crippen LogP contribution is -2.26. The number of nitrogen functional groups attached to an aromatic ring is 1. The Morgan fingerprint density at radius 1 is 1.33 bits per heavy atom. The van der Waals surface area contributed by atoms with Crippen LogP contribution in [0.2, 0.25) is 5.02 Å². The summed E-state index contributed by atoms with van der Waals surface area (Å²) in [6.45, 7) is 7.94.